The molecule has 0 fully saturated rings. The third kappa shape index (κ3) is 4.81. The molecule has 0 N–H and O–H groups in total. The summed E-state index contributed by atoms with van der Waals surface area (Å²) in [5.74, 6) is 0.816. The van der Waals surface area contributed by atoms with Crippen LogP contribution >= 0.6 is 27.3 Å². The van der Waals surface area contributed by atoms with Crippen molar-refractivity contribution in [1.82, 2.24) is 9.55 Å². The topological polar surface area (TPSA) is 39.4 Å². The number of halogens is 1. The number of benzene rings is 1. The van der Waals surface area contributed by atoms with Gasteiger partial charge < -0.3 is 9.30 Å². The van der Waals surface area contributed by atoms with Gasteiger partial charge in [-0.2, -0.15) is 0 Å². The largest absolute Gasteiger partial charge is 0.496 e. The molecule has 0 aliphatic heterocycles. The number of rotatable bonds is 5. The smallest absolute Gasteiger partial charge is 0.185 e. The zero-order chi connectivity index (χ0) is 18.1. The van der Waals surface area contributed by atoms with Crippen LogP contribution < -0.4 is 9.54 Å². The fourth-order valence-electron chi connectivity index (χ4n) is 2.24. The number of pyridine rings is 1. The van der Waals surface area contributed by atoms with Crippen molar-refractivity contribution in [3.8, 4) is 29.9 Å². The summed E-state index contributed by atoms with van der Waals surface area (Å²) in [4.78, 5) is 10.0. The highest BCUT2D eigenvalue weighted by molar-refractivity contribution is 9.08. The van der Waals surface area contributed by atoms with Crippen LogP contribution in [0.3, 0.4) is 0 Å². The molecule has 3 aromatic rings. The lowest BCUT2D eigenvalue weighted by molar-refractivity contribution is 0.416. The molecule has 4 nitrogen and oxygen atoms in total. The van der Waals surface area contributed by atoms with E-state index in [9.17, 15) is 0 Å². The standard InChI is InChI=1S/C17H16BrN3OS.C2H2/c1-22-16-10-13(11-20-17-21(12-18)8-9-23-17)5-6-14(16)15-4-2-3-7-19-15;1-2/h2-10H,11-12H2,1H3;1-2H. The maximum atomic E-state index is 5.53. The van der Waals surface area contributed by atoms with Gasteiger partial charge in [0.1, 0.15) is 5.75 Å². The summed E-state index contributed by atoms with van der Waals surface area (Å²) in [5, 5.41) is 2.03. The van der Waals surface area contributed by atoms with E-state index in [1.54, 1.807) is 24.6 Å². The first-order valence-electron chi connectivity index (χ1n) is 7.44. The molecule has 0 radical (unpaired) electrons. The van der Waals surface area contributed by atoms with Crippen LogP contribution in [0.5, 0.6) is 5.75 Å². The minimum atomic E-state index is 0.617. The average molecular weight is 416 g/mol. The number of ether oxygens (including phenoxy) is 1. The maximum absolute atomic E-state index is 5.53. The minimum absolute atomic E-state index is 0.617. The van der Waals surface area contributed by atoms with Gasteiger partial charge in [-0.3, -0.25) is 9.98 Å². The van der Waals surface area contributed by atoms with Gasteiger partial charge in [-0.25, -0.2) is 0 Å². The van der Waals surface area contributed by atoms with Crippen LogP contribution in [-0.4, -0.2) is 16.7 Å². The third-order valence-corrected chi connectivity index (χ3v) is 4.76. The van der Waals surface area contributed by atoms with Crippen molar-refractivity contribution < 1.29 is 4.74 Å². The van der Waals surface area contributed by atoms with Gasteiger partial charge in [0.05, 0.1) is 24.8 Å². The molecule has 0 bridgehead atoms. The summed E-state index contributed by atoms with van der Waals surface area (Å²) < 4.78 is 7.59. The molecule has 0 saturated heterocycles. The second-order valence-electron chi connectivity index (χ2n) is 4.84. The highest BCUT2D eigenvalue weighted by Crippen LogP contribution is 2.29. The average Bonchev–Trinajstić information content (AvgIpc) is 3.16. The number of thiazole rings is 1. The SMILES string of the molecule is C#C.COc1cc(CN=c2sccn2CBr)ccc1-c1ccccn1. The van der Waals surface area contributed by atoms with Crippen molar-refractivity contribution >= 4 is 27.3 Å². The van der Waals surface area contributed by atoms with Crippen LogP contribution in [0.15, 0.2) is 59.2 Å². The van der Waals surface area contributed by atoms with E-state index >= 15 is 0 Å². The normalized spacial score (nSPS) is 10.8. The predicted octanol–water partition coefficient (Wildman–Crippen LogP) is 4.32. The Bertz CT molecular complexity index is 884. The van der Waals surface area contributed by atoms with Gasteiger partial charge in [-0.15, -0.1) is 24.2 Å². The summed E-state index contributed by atoms with van der Waals surface area (Å²) in [5.41, 5.74) is 3.75. The number of alkyl halides is 1. The Kier molecular flexibility index (Phi) is 7.45. The van der Waals surface area contributed by atoms with E-state index in [4.69, 9.17) is 4.74 Å². The van der Waals surface area contributed by atoms with Crippen molar-refractivity contribution in [2.75, 3.05) is 7.11 Å². The van der Waals surface area contributed by atoms with Crippen LogP contribution in [0.1, 0.15) is 5.56 Å². The molecule has 0 saturated carbocycles. The molecule has 0 amide bonds. The molecule has 3 rings (SSSR count). The lowest BCUT2D eigenvalue weighted by Gasteiger charge is -2.09. The quantitative estimate of drug-likeness (QED) is 0.459. The Balaban J connectivity index is 0.00000109. The van der Waals surface area contributed by atoms with Gasteiger partial charge in [-0.1, -0.05) is 28.1 Å². The summed E-state index contributed by atoms with van der Waals surface area (Å²) >= 11 is 5.08. The van der Waals surface area contributed by atoms with Crippen LogP contribution in [0.4, 0.5) is 0 Å². The molecule has 1 aromatic carbocycles. The summed E-state index contributed by atoms with van der Waals surface area (Å²) in [6.07, 6.45) is 11.8. The number of hydrogen-bond donors (Lipinski definition) is 0. The molecule has 2 aromatic heterocycles. The second kappa shape index (κ2) is 9.82. The van der Waals surface area contributed by atoms with E-state index < -0.39 is 0 Å². The summed E-state index contributed by atoms with van der Waals surface area (Å²) in [7, 11) is 1.68. The zero-order valence-electron chi connectivity index (χ0n) is 13.8. The van der Waals surface area contributed by atoms with E-state index in [-0.39, 0.29) is 0 Å². The molecule has 25 heavy (non-hydrogen) atoms. The van der Waals surface area contributed by atoms with Crippen LogP contribution in [0.2, 0.25) is 0 Å². The van der Waals surface area contributed by atoms with Gasteiger partial charge in [0, 0.05) is 23.3 Å². The predicted molar refractivity (Wildman–Crippen MR) is 107 cm³/mol. The van der Waals surface area contributed by atoms with Crippen molar-refractivity contribution in [1.29, 1.82) is 0 Å². The highest BCUT2D eigenvalue weighted by atomic mass is 79.9. The second-order valence-corrected chi connectivity index (χ2v) is 6.22. The molecule has 0 atom stereocenters. The number of terminal acetylenes is 1. The monoisotopic (exact) mass is 415 g/mol. The van der Waals surface area contributed by atoms with Crippen LogP contribution in [0, 0.1) is 12.8 Å². The lowest BCUT2D eigenvalue weighted by atomic mass is 10.1. The molecule has 128 valence electrons. The third-order valence-electron chi connectivity index (χ3n) is 3.39. The Morgan fingerprint density at radius 3 is 2.80 bits per heavy atom. The number of nitrogens with zero attached hydrogens (tertiary/aromatic N) is 3. The van der Waals surface area contributed by atoms with Crippen molar-refractivity contribution in [2.24, 2.45) is 4.99 Å². The van der Waals surface area contributed by atoms with E-state index in [1.807, 2.05) is 41.9 Å². The Hall–Kier alpha value is -2.36. The van der Waals surface area contributed by atoms with Crippen LogP contribution in [0.25, 0.3) is 11.3 Å². The van der Waals surface area contributed by atoms with E-state index in [0.717, 1.165) is 32.8 Å². The fraction of sp³-hybridized carbons (Fsp3) is 0.158. The summed E-state index contributed by atoms with van der Waals surface area (Å²) in [6, 6.07) is 12.0. The lowest BCUT2D eigenvalue weighted by Crippen LogP contribution is -2.11. The molecular weight excluding hydrogens is 398 g/mol. The van der Waals surface area contributed by atoms with E-state index in [2.05, 4.69) is 49.4 Å². The Morgan fingerprint density at radius 2 is 2.12 bits per heavy atom. The number of methoxy groups -OCH3 is 1. The molecule has 0 unspecified atom stereocenters. The van der Waals surface area contributed by atoms with E-state index in [1.165, 1.54) is 0 Å². The molecular formula is C19H18BrN3OS. The number of aromatic nitrogens is 2. The Morgan fingerprint density at radius 1 is 1.28 bits per heavy atom. The first-order valence-corrected chi connectivity index (χ1v) is 9.44. The summed E-state index contributed by atoms with van der Waals surface area (Å²) in [6.45, 7) is 0.617. The van der Waals surface area contributed by atoms with Crippen molar-refractivity contribution in [3.05, 3.63) is 64.5 Å². The molecule has 0 spiro atoms. The first-order chi connectivity index (χ1) is 12.3. The van der Waals surface area contributed by atoms with Crippen molar-refractivity contribution in [3.63, 3.8) is 0 Å². The van der Waals surface area contributed by atoms with Gasteiger partial charge in [-0.05, 0) is 29.8 Å². The van der Waals surface area contributed by atoms with Gasteiger partial charge in [0.25, 0.3) is 0 Å². The van der Waals surface area contributed by atoms with Gasteiger partial charge in [0.2, 0.25) is 0 Å². The fourth-order valence-corrected chi connectivity index (χ4v) is 3.54. The molecule has 0 aliphatic rings. The first kappa shape index (κ1) is 19.0. The minimum Gasteiger partial charge on any atom is -0.496 e. The molecule has 6 heteroatoms. The Labute approximate surface area is 160 Å². The molecule has 2 heterocycles. The van der Waals surface area contributed by atoms with Gasteiger partial charge >= 0.3 is 0 Å². The molecule has 0 aliphatic carbocycles. The number of hydrogen-bond acceptors (Lipinski definition) is 4. The highest BCUT2D eigenvalue weighted by Gasteiger charge is 2.07. The zero-order valence-corrected chi connectivity index (χ0v) is 16.2. The van der Waals surface area contributed by atoms with Crippen LogP contribution in [-0.2, 0) is 12.0 Å². The van der Waals surface area contributed by atoms with E-state index in [0.29, 0.717) is 6.54 Å². The van der Waals surface area contributed by atoms with Crippen molar-refractivity contribution in [2.45, 2.75) is 12.0 Å². The maximum Gasteiger partial charge on any atom is 0.185 e. The van der Waals surface area contributed by atoms with Gasteiger partial charge in [0.15, 0.2) is 4.80 Å².